The highest BCUT2D eigenvalue weighted by molar-refractivity contribution is 7.90. The number of hydrogen-bond donors (Lipinski definition) is 0. The van der Waals surface area contributed by atoms with Gasteiger partial charge < -0.3 is 4.57 Å². The molecule has 8 heteroatoms. The Hall–Kier alpha value is -3.00. The number of hydrogen-bond acceptors (Lipinski definition) is 5. The average Bonchev–Trinajstić information content (AvgIpc) is 3.36. The van der Waals surface area contributed by atoms with Gasteiger partial charge in [0.05, 0.1) is 16.8 Å². The summed E-state index contributed by atoms with van der Waals surface area (Å²) in [6, 6.07) is 3.03. The Balaban J connectivity index is 2.29. The van der Waals surface area contributed by atoms with Crippen LogP contribution in [0.3, 0.4) is 0 Å². The second-order valence-corrected chi connectivity index (χ2v) is 11.1. The van der Waals surface area contributed by atoms with Gasteiger partial charge in [0.15, 0.2) is 15.6 Å². The van der Waals surface area contributed by atoms with Crippen LogP contribution >= 0.6 is 0 Å². The Kier molecular flexibility index (Phi) is 8.15. The molecule has 1 aliphatic rings. The number of benzene rings is 1. The third kappa shape index (κ3) is 5.48. The van der Waals surface area contributed by atoms with E-state index < -0.39 is 15.8 Å². The van der Waals surface area contributed by atoms with Crippen molar-refractivity contribution in [2.75, 3.05) is 6.26 Å². The summed E-state index contributed by atoms with van der Waals surface area (Å²) >= 11 is 0. The van der Waals surface area contributed by atoms with Crippen molar-refractivity contribution < 1.29 is 27.5 Å². The van der Waals surface area contributed by atoms with Gasteiger partial charge in [-0.3, -0.25) is 9.74 Å². The predicted molar refractivity (Wildman–Crippen MR) is 135 cm³/mol. The molecule has 0 bridgehead atoms. The van der Waals surface area contributed by atoms with Gasteiger partial charge in [-0.05, 0) is 62.3 Å². The molecule has 1 aliphatic carbocycles. The summed E-state index contributed by atoms with van der Waals surface area (Å²) in [6.45, 7) is 9.68. The van der Waals surface area contributed by atoms with Crippen LogP contribution in [-0.4, -0.2) is 31.0 Å². The summed E-state index contributed by atoms with van der Waals surface area (Å²) in [5, 5.41) is 0.682. The highest BCUT2D eigenvalue weighted by Crippen LogP contribution is 2.44. The van der Waals surface area contributed by atoms with E-state index in [0.29, 0.717) is 35.9 Å². The Morgan fingerprint density at radius 1 is 1.34 bits per heavy atom. The number of aromatic nitrogens is 1. The Labute approximate surface area is 206 Å². The molecule has 0 aliphatic heterocycles. The number of nitrogens with zero attached hydrogens (tertiary/aromatic N) is 1. The molecule has 188 valence electrons. The second-order valence-electron chi connectivity index (χ2n) is 9.06. The Morgan fingerprint density at radius 3 is 2.60 bits per heavy atom. The minimum Gasteiger partial charge on any atom is -0.339 e. The van der Waals surface area contributed by atoms with Crippen molar-refractivity contribution in [3.8, 4) is 0 Å². The molecule has 1 heterocycles. The van der Waals surface area contributed by atoms with Crippen LogP contribution in [0.15, 0.2) is 53.5 Å². The number of carbonyl (C=O) groups excluding carboxylic acids is 2. The average molecular weight is 502 g/mol. The van der Waals surface area contributed by atoms with Crippen molar-refractivity contribution in [3.63, 3.8) is 0 Å². The summed E-state index contributed by atoms with van der Waals surface area (Å²) in [4.78, 5) is 28.0. The molecule has 0 N–H and O–H groups in total. The molecule has 0 fully saturated rings. The Bertz CT molecular complexity index is 1330. The van der Waals surface area contributed by atoms with Crippen LogP contribution in [0.2, 0.25) is 0 Å². The van der Waals surface area contributed by atoms with E-state index in [1.165, 1.54) is 13.0 Å². The molecule has 1 aromatic heterocycles. The first-order chi connectivity index (χ1) is 16.5. The van der Waals surface area contributed by atoms with Gasteiger partial charge >= 0.3 is 5.97 Å². The third-order valence-electron chi connectivity index (χ3n) is 6.76. The molecule has 35 heavy (non-hydrogen) atoms. The number of aryl methyl sites for hydroxylation is 1. The molecule has 1 aromatic carbocycles. The lowest BCUT2D eigenvalue weighted by Crippen LogP contribution is -2.13. The standard InChI is InChI=1S/C27H32FNO5S/c1-6-18(7-2)9-10-19(8-3)16-29-26-20(13-25(31)34-28)11-12-22(26)24-15-21(35(5,32)33)14-23(17(4)30)27(24)29/h6,8-10,14-15,18,20H,1,7,11-13,16H2,2-5H3/b10-9-,19-8+/t18?,20-/m1/s1. The lowest BCUT2D eigenvalue weighted by atomic mass is 10.0. The third-order valence-corrected chi connectivity index (χ3v) is 7.85. The molecular weight excluding hydrogens is 469 g/mol. The minimum atomic E-state index is -3.56. The molecule has 0 spiro atoms. The maximum Gasteiger partial charge on any atom is 0.349 e. The SMILES string of the molecule is C=CC(/C=C\C(=C/C)Cn1c2c(c3cc(S(C)(=O)=O)cc(C(C)=O)c31)CC[C@@H]2CC(=O)OF)CC. The zero-order valence-electron chi connectivity index (χ0n) is 20.6. The smallest absolute Gasteiger partial charge is 0.339 e. The van der Waals surface area contributed by atoms with E-state index in [4.69, 9.17) is 0 Å². The summed E-state index contributed by atoms with van der Waals surface area (Å²) in [5.74, 6) is -1.30. The van der Waals surface area contributed by atoms with Crippen LogP contribution in [0.4, 0.5) is 4.53 Å². The number of ketones is 1. The normalized spacial score (nSPS) is 17.1. The molecule has 2 aromatic rings. The van der Waals surface area contributed by atoms with E-state index >= 15 is 0 Å². The summed E-state index contributed by atoms with van der Waals surface area (Å²) in [7, 11) is -3.56. The van der Waals surface area contributed by atoms with Crippen LogP contribution in [0.25, 0.3) is 10.9 Å². The lowest BCUT2D eigenvalue weighted by molar-refractivity contribution is -0.184. The van der Waals surface area contributed by atoms with Gasteiger partial charge in [-0.2, -0.15) is 0 Å². The van der Waals surface area contributed by atoms with Gasteiger partial charge in [0.1, 0.15) is 0 Å². The number of sulfone groups is 1. The summed E-state index contributed by atoms with van der Waals surface area (Å²) in [6.07, 6.45) is 11.0. The van der Waals surface area contributed by atoms with E-state index in [1.54, 1.807) is 6.07 Å². The van der Waals surface area contributed by atoms with E-state index in [2.05, 4.69) is 24.5 Å². The number of halogens is 1. The number of allylic oxidation sites excluding steroid dienone is 5. The van der Waals surface area contributed by atoms with Gasteiger partial charge in [-0.1, -0.05) is 31.2 Å². The van der Waals surface area contributed by atoms with E-state index in [9.17, 15) is 22.5 Å². The molecule has 3 rings (SSSR count). The van der Waals surface area contributed by atoms with E-state index in [-0.39, 0.29) is 28.9 Å². The van der Waals surface area contributed by atoms with Crippen molar-refractivity contribution >= 4 is 32.5 Å². The van der Waals surface area contributed by atoms with Gasteiger partial charge in [0, 0.05) is 39.9 Å². The van der Waals surface area contributed by atoms with Crippen molar-refractivity contribution in [1.29, 1.82) is 0 Å². The van der Waals surface area contributed by atoms with Gasteiger partial charge in [-0.15, -0.1) is 6.58 Å². The van der Waals surface area contributed by atoms with Crippen LogP contribution in [0.1, 0.15) is 67.6 Å². The molecule has 0 saturated heterocycles. The zero-order chi connectivity index (χ0) is 25.9. The number of fused-ring (bicyclic) bond motifs is 3. The van der Waals surface area contributed by atoms with Crippen LogP contribution < -0.4 is 0 Å². The number of rotatable bonds is 10. The van der Waals surface area contributed by atoms with Crippen LogP contribution in [0, 0.1) is 5.92 Å². The molecule has 0 radical (unpaired) electrons. The highest BCUT2D eigenvalue weighted by atomic mass is 32.2. The zero-order valence-corrected chi connectivity index (χ0v) is 21.5. The van der Waals surface area contributed by atoms with Crippen molar-refractivity contribution in [2.45, 2.75) is 63.8 Å². The largest absolute Gasteiger partial charge is 0.349 e. The van der Waals surface area contributed by atoms with Crippen molar-refractivity contribution in [3.05, 3.63) is 65.4 Å². The molecule has 2 atom stereocenters. The molecule has 1 unspecified atom stereocenters. The highest BCUT2D eigenvalue weighted by Gasteiger charge is 2.34. The first-order valence-corrected chi connectivity index (χ1v) is 13.6. The topological polar surface area (TPSA) is 82.4 Å². The minimum absolute atomic E-state index is 0.0738. The van der Waals surface area contributed by atoms with Crippen LogP contribution in [0.5, 0.6) is 0 Å². The fourth-order valence-electron chi connectivity index (χ4n) is 4.86. The quantitative estimate of drug-likeness (QED) is 0.233. The van der Waals surface area contributed by atoms with Crippen LogP contribution in [-0.2, 0) is 32.5 Å². The fraction of sp³-hybridized carbons (Fsp3) is 0.407. The van der Waals surface area contributed by atoms with Gasteiger partial charge in [0.2, 0.25) is 0 Å². The molecule has 0 amide bonds. The molecule has 6 nitrogen and oxygen atoms in total. The maximum atomic E-state index is 12.7. The van der Waals surface area contributed by atoms with Crippen molar-refractivity contribution in [1.82, 2.24) is 4.57 Å². The van der Waals surface area contributed by atoms with Crippen molar-refractivity contribution in [2.24, 2.45) is 5.92 Å². The summed E-state index contributed by atoms with van der Waals surface area (Å²) in [5.41, 5.74) is 3.63. The Morgan fingerprint density at radius 2 is 2.06 bits per heavy atom. The monoisotopic (exact) mass is 501 g/mol. The lowest BCUT2D eigenvalue weighted by Gasteiger charge is -2.17. The maximum absolute atomic E-state index is 12.7. The summed E-state index contributed by atoms with van der Waals surface area (Å²) < 4.78 is 39.4. The first-order valence-electron chi connectivity index (χ1n) is 11.7. The second kappa shape index (κ2) is 10.7. The number of Topliss-reactive ketones (excluding diaryl/α,β-unsaturated/α-hetero) is 1. The fourth-order valence-corrected chi connectivity index (χ4v) is 5.53. The molecular formula is C27H32FNO5S. The van der Waals surface area contributed by atoms with E-state index in [1.807, 2.05) is 29.7 Å². The van der Waals surface area contributed by atoms with E-state index in [0.717, 1.165) is 29.5 Å². The number of carbonyl (C=O) groups is 2. The van der Waals surface area contributed by atoms with Gasteiger partial charge in [0.25, 0.3) is 0 Å². The van der Waals surface area contributed by atoms with Gasteiger partial charge in [-0.25, -0.2) is 13.2 Å². The predicted octanol–water partition coefficient (Wildman–Crippen LogP) is 5.81. The molecule has 0 saturated carbocycles. The first kappa shape index (κ1) is 26.6.